The highest BCUT2D eigenvalue weighted by Crippen LogP contribution is 2.24. The predicted octanol–water partition coefficient (Wildman–Crippen LogP) is 2.31. The zero-order chi connectivity index (χ0) is 20.4. The van der Waals surface area contributed by atoms with Gasteiger partial charge in [0.25, 0.3) is 5.91 Å². The molecule has 2 aliphatic heterocycles. The van der Waals surface area contributed by atoms with Gasteiger partial charge < -0.3 is 9.80 Å². The molecule has 0 bridgehead atoms. The fourth-order valence-corrected chi connectivity index (χ4v) is 3.48. The van der Waals surface area contributed by atoms with E-state index in [1.807, 2.05) is 0 Å². The highest BCUT2D eigenvalue weighted by Gasteiger charge is 2.20. The van der Waals surface area contributed by atoms with E-state index in [-0.39, 0.29) is 5.91 Å². The summed E-state index contributed by atoms with van der Waals surface area (Å²) in [6, 6.07) is 4.75. The molecule has 1 saturated heterocycles. The molecule has 1 N–H and O–H groups in total. The molecule has 29 heavy (non-hydrogen) atoms. The third-order valence-electron chi connectivity index (χ3n) is 5.22. The summed E-state index contributed by atoms with van der Waals surface area (Å²) < 4.78 is 14.4. The van der Waals surface area contributed by atoms with E-state index >= 15 is 0 Å². The van der Waals surface area contributed by atoms with Gasteiger partial charge in [0.05, 0.1) is 29.4 Å². The first-order valence-corrected chi connectivity index (χ1v) is 9.63. The van der Waals surface area contributed by atoms with E-state index in [0.29, 0.717) is 22.5 Å². The molecule has 1 aromatic heterocycles. The number of halogens is 1. The number of amides is 1. The fraction of sp³-hybridized carbons (Fsp3) is 0.333. The monoisotopic (exact) mass is 394 g/mol. The van der Waals surface area contributed by atoms with Crippen molar-refractivity contribution in [1.82, 2.24) is 20.3 Å². The van der Waals surface area contributed by atoms with Crippen LogP contribution in [0.4, 0.5) is 10.2 Å². The van der Waals surface area contributed by atoms with Gasteiger partial charge in [-0.25, -0.2) is 14.8 Å². The minimum atomic E-state index is -0.409. The standard InChI is InChI=1S/C21H23FN6O/c1-14-17(21(29)26-25-14)11-16-10-15(4-5-18(16)22)19-12-23-13-20(24-19)28-7-3-6-27(2)8-9-28/h4-5,10-13H,3,6-9H2,1-2H3,(H,26,29)/b17-11+. The molecule has 7 nitrogen and oxygen atoms in total. The number of rotatable bonds is 3. The third kappa shape index (κ3) is 4.17. The number of hydrogen-bond acceptors (Lipinski definition) is 6. The Morgan fingerprint density at radius 1 is 1.17 bits per heavy atom. The Balaban J connectivity index is 1.65. The summed E-state index contributed by atoms with van der Waals surface area (Å²) in [4.78, 5) is 25.5. The second-order valence-electron chi connectivity index (χ2n) is 7.34. The minimum absolute atomic E-state index is 0.313. The van der Waals surface area contributed by atoms with Crippen LogP contribution >= 0.6 is 0 Å². The van der Waals surface area contributed by atoms with Crippen molar-refractivity contribution in [2.75, 3.05) is 38.1 Å². The van der Waals surface area contributed by atoms with Crippen LogP contribution in [0.25, 0.3) is 17.3 Å². The minimum Gasteiger partial charge on any atom is -0.354 e. The maximum atomic E-state index is 14.4. The normalized spacial score (nSPS) is 19.3. The van der Waals surface area contributed by atoms with E-state index in [4.69, 9.17) is 4.98 Å². The maximum Gasteiger partial charge on any atom is 0.273 e. The molecule has 0 saturated carbocycles. The molecule has 8 heteroatoms. The molecule has 1 aromatic carbocycles. The van der Waals surface area contributed by atoms with Crippen LogP contribution < -0.4 is 10.3 Å². The summed E-state index contributed by atoms with van der Waals surface area (Å²) in [6.07, 6.45) is 6.03. The van der Waals surface area contributed by atoms with E-state index in [9.17, 15) is 9.18 Å². The Morgan fingerprint density at radius 2 is 2.03 bits per heavy atom. The van der Waals surface area contributed by atoms with Crippen LogP contribution in [0, 0.1) is 5.82 Å². The van der Waals surface area contributed by atoms with Crippen molar-refractivity contribution in [3.63, 3.8) is 0 Å². The quantitative estimate of drug-likeness (QED) is 0.809. The largest absolute Gasteiger partial charge is 0.354 e. The number of hydrogen-bond donors (Lipinski definition) is 1. The Kier molecular flexibility index (Phi) is 5.35. The summed E-state index contributed by atoms with van der Waals surface area (Å²) in [5.41, 5.74) is 5.00. The van der Waals surface area contributed by atoms with Gasteiger partial charge in [-0.2, -0.15) is 5.10 Å². The number of hydrazone groups is 1. The van der Waals surface area contributed by atoms with Crippen LogP contribution in [0.15, 0.2) is 41.3 Å². The molecule has 150 valence electrons. The lowest BCUT2D eigenvalue weighted by atomic mass is 10.0. The van der Waals surface area contributed by atoms with E-state index in [1.54, 1.807) is 31.5 Å². The summed E-state index contributed by atoms with van der Waals surface area (Å²) in [7, 11) is 2.12. The number of likely N-dealkylation sites (N-methyl/N-ethyl adjacent to an activating group) is 1. The fourth-order valence-electron chi connectivity index (χ4n) is 3.48. The summed E-state index contributed by atoms with van der Waals surface area (Å²) >= 11 is 0. The smallest absolute Gasteiger partial charge is 0.273 e. The Hall–Kier alpha value is -3.13. The topological polar surface area (TPSA) is 73.7 Å². The van der Waals surface area contributed by atoms with Gasteiger partial charge >= 0.3 is 0 Å². The van der Waals surface area contributed by atoms with Crippen LogP contribution in [0.1, 0.15) is 18.9 Å². The van der Waals surface area contributed by atoms with Crippen LogP contribution in [0.3, 0.4) is 0 Å². The number of anilines is 1. The molecule has 1 amide bonds. The predicted molar refractivity (Wildman–Crippen MR) is 111 cm³/mol. The molecule has 4 rings (SSSR count). The van der Waals surface area contributed by atoms with E-state index in [0.717, 1.165) is 44.0 Å². The number of benzene rings is 1. The lowest BCUT2D eigenvalue weighted by molar-refractivity contribution is -0.116. The molecular weight excluding hydrogens is 371 g/mol. The average Bonchev–Trinajstić information content (AvgIpc) is 2.91. The zero-order valence-corrected chi connectivity index (χ0v) is 16.5. The van der Waals surface area contributed by atoms with Crippen molar-refractivity contribution in [3.8, 4) is 11.3 Å². The van der Waals surface area contributed by atoms with E-state index in [2.05, 4.69) is 32.4 Å². The van der Waals surface area contributed by atoms with Crippen LogP contribution in [0.5, 0.6) is 0 Å². The van der Waals surface area contributed by atoms with Crippen molar-refractivity contribution in [2.24, 2.45) is 5.10 Å². The van der Waals surface area contributed by atoms with Gasteiger partial charge in [-0.3, -0.25) is 9.78 Å². The van der Waals surface area contributed by atoms with Crippen molar-refractivity contribution >= 4 is 23.5 Å². The molecule has 1 fully saturated rings. The number of nitrogens with zero attached hydrogens (tertiary/aromatic N) is 5. The average molecular weight is 394 g/mol. The summed E-state index contributed by atoms with van der Waals surface area (Å²) in [5.74, 6) is 0.0776. The molecule has 0 aliphatic carbocycles. The van der Waals surface area contributed by atoms with Crippen molar-refractivity contribution in [2.45, 2.75) is 13.3 Å². The van der Waals surface area contributed by atoms with Crippen LogP contribution in [-0.4, -0.2) is 59.7 Å². The number of nitrogens with one attached hydrogen (secondary N) is 1. The first kappa shape index (κ1) is 19.2. The van der Waals surface area contributed by atoms with Gasteiger partial charge in [-0.1, -0.05) is 0 Å². The molecule has 3 heterocycles. The van der Waals surface area contributed by atoms with E-state index < -0.39 is 5.82 Å². The number of carbonyl (C=O) groups is 1. The Morgan fingerprint density at radius 3 is 2.83 bits per heavy atom. The molecule has 0 spiro atoms. The first-order chi connectivity index (χ1) is 14.0. The van der Waals surface area contributed by atoms with Gasteiger partial charge in [-0.15, -0.1) is 0 Å². The number of carbonyl (C=O) groups excluding carboxylic acids is 1. The molecular formula is C21H23FN6O. The third-order valence-corrected chi connectivity index (χ3v) is 5.22. The Bertz CT molecular complexity index is 1000. The SMILES string of the molecule is CC1=NNC(=O)/C1=C/c1cc(-c2cncc(N3CCCN(C)CC3)n2)ccc1F. The lowest BCUT2D eigenvalue weighted by Crippen LogP contribution is -2.29. The zero-order valence-electron chi connectivity index (χ0n) is 16.5. The highest BCUT2D eigenvalue weighted by molar-refractivity contribution is 6.26. The summed E-state index contributed by atoms with van der Waals surface area (Å²) in [6.45, 7) is 5.57. The molecule has 0 unspecified atom stereocenters. The molecule has 0 radical (unpaired) electrons. The van der Waals surface area contributed by atoms with Crippen molar-refractivity contribution < 1.29 is 9.18 Å². The second-order valence-corrected chi connectivity index (χ2v) is 7.34. The van der Waals surface area contributed by atoms with Crippen molar-refractivity contribution in [1.29, 1.82) is 0 Å². The van der Waals surface area contributed by atoms with Crippen LogP contribution in [0.2, 0.25) is 0 Å². The Labute approximate surface area is 169 Å². The second kappa shape index (κ2) is 8.08. The van der Waals surface area contributed by atoms with Gasteiger partial charge in [0.15, 0.2) is 0 Å². The van der Waals surface area contributed by atoms with Crippen LogP contribution in [-0.2, 0) is 4.79 Å². The van der Waals surface area contributed by atoms with Crippen molar-refractivity contribution in [3.05, 3.63) is 47.5 Å². The summed E-state index contributed by atoms with van der Waals surface area (Å²) in [5, 5.41) is 3.88. The van der Waals surface area contributed by atoms with E-state index in [1.165, 1.54) is 12.1 Å². The number of aromatic nitrogens is 2. The van der Waals surface area contributed by atoms with Gasteiger partial charge in [0, 0.05) is 30.8 Å². The maximum absolute atomic E-state index is 14.4. The lowest BCUT2D eigenvalue weighted by Gasteiger charge is -2.21. The first-order valence-electron chi connectivity index (χ1n) is 9.63. The van der Waals surface area contributed by atoms with Gasteiger partial charge in [0.1, 0.15) is 11.6 Å². The molecule has 2 aromatic rings. The van der Waals surface area contributed by atoms with Gasteiger partial charge in [-0.05, 0) is 51.2 Å². The molecule has 2 aliphatic rings. The highest BCUT2D eigenvalue weighted by atomic mass is 19.1. The molecule has 0 atom stereocenters. The van der Waals surface area contributed by atoms with Gasteiger partial charge in [0.2, 0.25) is 0 Å².